The molecule has 0 spiro atoms. The number of benzene rings is 1. The molecule has 28 heavy (non-hydrogen) atoms. The van der Waals surface area contributed by atoms with Crippen LogP contribution in [0.3, 0.4) is 0 Å². The highest BCUT2D eigenvalue weighted by Gasteiger charge is 2.45. The minimum atomic E-state index is -0.505. The van der Waals surface area contributed by atoms with E-state index in [1.54, 1.807) is 11.8 Å². The number of nitrogens with one attached hydrogen (secondary N) is 1. The van der Waals surface area contributed by atoms with Crippen molar-refractivity contribution in [3.8, 4) is 0 Å². The molecule has 3 rings (SSSR count). The summed E-state index contributed by atoms with van der Waals surface area (Å²) < 4.78 is 4.88. The highest BCUT2D eigenvalue weighted by Crippen LogP contribution is 2.43. The molecular formula is C21H24N2O4S. The minimum absolute atomic E-state index is 0.0761. The molecule has 148 valence electrons. The van der Waals surface area contributed by atoms with Gasteiger partial charge in [0.25, 0.3) is 0 Å². The van der Waals surface area contributed by atoms with E-state index in [2.05, 4.69) is 5.32 Å². The van der Waals surface area contributed by atoms with Gasteiger partial charge in [-0.1, -0.05) is 23.8 Å². The molecule has 0 radical (unpaired) electrons. The van der Waals surface area contributed by atoms with E-state index >= 15 is 0 Å². The number of nitrogens with zero attached hydrogens (tertiary/aromatic N) is 1. The molecule has 1 aliphatic rings. The topological polar surface area (TPSA) is 75.7 Å². The second kappa shape index (κ2) is 9.01. The lowest BCUT2D eigenvalue weighted by molar-refractivity contribution is -0.143. The molecule has 2 unspecified atom stereocenters. The number of esters is 1. The molecule has 1 aromatic heterocycles. The molecule has 1 fully saturated rings. The Morgan fingerprint density at radius 1 is 1.25 bits per heavy atom. The van der Waals surface area contributed by atoms with Crippen LogP contribution >= 0.6 is 11.3 Å². The van der Waals surface area contributed by atoms with E-state index in [0.29, 0.717) is 6.61 Å². The van der Waals surface area contributed by atoms with Gasteiger partial charge < -0.3 is 15.0 Å². The molecule has 2 heterocycles. The average Bonchev–Trinajstić information content (AvgIpc) is 3.30. The number of carbonyl (C=O) groups excluding carboxylic acids is 3. The van der Waals surface area contributed by atoms with Crippen molar-refractivity contribution in [2.45, 2.75) is 32.7 Å². The molecule has 2 amide bonds. The number of aryl methyl sites for hydroxylation is 1. The van der Waals surface area contributed by atoms with Crippen molar-refractivity contribution in [1.29, 1.82) is 0 Å². The summed E-state index contributed by atoms with van der Waals surface area (Å²) in [6.07, 6.45) is 0.257. The number of hydrogen-bond donors (Lipinski definition) is 1. The van der Waals surface area contributed by atoms with Crippen LogP contribution in [0.2, 0.25) is 0 Å². The predicted octanol–water partition coefficient (Wildman–Crippen LogP) is 3.22. The van der Waals surface area contributed by atoms with Crippen molar-refractivity contribution in [3.63, 3.8) is 0 Å². The van der Waals surface area contributed by atoms with Crippen molar-refractivity contribution < 1.29 is 19.1 Å². The first kappa shape index (κ1) is 20.1. The van der Waals surface area contributed by atoms with Crippen LogP contribution in [0.5, 0.6) is 0 Å². The Hall–Kier alpha value is -2.67. The fourth-order valence-corrected chi connectivity index (χ4v) is 4.30. The largest absolute Gasteiger partial charge is 0.466 e. The fraction of sp³-hybridized carbons (Fsp3) is 0.381. The normalized spacial score (nSPS) is 18.9. The van der Waals surface area contributed by atoms with E-state index in [4.69, 9.17) is 4.74 Å². The first-order chi connectivity index (χ1) is 13.5. The van der Waals surface area contributed by atoms with Crippen LogP contribution in [-0.4, -0.2) is 30.9 Å². The zero-order chi connectivity index (χ0) is 20.1. The lowest BCUT2D eigenvalue weighted by Gasteiger charge is -2.27. The SMILES string of the molecule is CCOC(=O)CCNC(=O)C1CC(=O)N(c2ccc(C)cc2)C1c1cccs1. The zero-order valence-corrected chi connectivity index (χ0v) is 16.8. The smallest absolute Gasteiger partial charge is 0.307 e. The van der Waals surface area contributed by atoms with E-state index < -0.39 is 5.92 Å². The standard InChI is InChI=1S/C21H24N2O4S/c1-3-27-19(25)10-11-22-21(26)16-13-18(24)23(15-8-6-14(2)7-9-15)20(16)17-5-4-12-28-17/h4-9,12,16,20H,3,10-11,13H2,1-2H3,(H,22,26). The summed E-state index contributed by atoms with van der Waals surface area (Å²) >= 11 is 1.53. The number of anilines is 1. The van der Waals surface area contributed by atoms with Gasteiger partial charge in [-0.15, -0.1) is 11.3 Å². The van der Waals surface area contributed by atoms with Gasteiger partial charge in [-0.05, 0) is 37.4 Å². The van der Waals surface area contributed by atoms with Gasteiger partial charge >= 0.3 is 5.97 Å². The Labute approximate surface area is 168 Å². The molecule has 1 saturated heterocycles. The number of thiophene rings is 1. The lowest BCUT2D eigenvalue weighted by atomic mass is 9.97. The Morgan fingerprint density at radius 3 is 2.64 bits per heavy atom. The van der Waals surface area contributed by atoms with Gasteiger partial charge in [-0.3, -0.25) is 14.4 Å². The van der Waals surface area contributed by atoms with Gasteiger partial charge in [0, 0.05) is 23.5 Å². The van der Waals surface area contributed by atoms with Gasteiger partial charge in [0.15, 0.2) is 0 Å². The lowest BCUT2D eigenvalue weighted by Crippen LogP contribution is -2.36. The third kappa shape index (κ3) is 4.42. The molecule has 2 atom stereocenters. The molecule has 0 bridgehead atoms. The number of hydrogen-bond acceptors (Lipinski definition) is 5. The number of carbonyl (C=O) groups is 3. The zero-order valence-electron chi connectivity index (χ0n) is 16.0. The van der Waals surface area contributed by atoms with Gasteiger partial charge in [0.2, 0.25) is 11.8 Å². The van der Waals surface area contributed by atoms with Crippen LogP contribution in [0, 0.1) is 12.8 Å². The van der Waals surface area contributed by atoms with Crippen molar-refractivity contribution in [3.05, 3.63) is 52.2 Å². The van der Waals surface area contributed by atoms with Crippen LogP contribution in [0.1, 0.15) is 36.2 Å². The molecular weight excluding hydrogens is 376 g/mol. The molecule has 1 aliphatic heterocycles. The summed E-state index contributed by atoms with van der Waals surface area (Å²) in [5.74, 6) is -1.14. The Kier molecular flexibility index (Phi) is 6.46. The minimum Gasteiger partial charge on any atom is -0.466 e. The summed E-state index contributed by atoms with van der Waals surface area (Å²) in [5.41, 5.74) is 1.90. The first-order valence-corrected chi connectivity index (χ1v) is 10.2. The maximum absolute atomic E-state index is 12.8. The van der Waals surface area contributed by atoms with Gasteiger partial charge in [-0.2, -0.15) is 0 Å². The van der Waals surface area contributed by atoms with Crippen molar-refractivity contribution in [2.75, 3.05) is 18.1 Å². The summed E-state index contributed by atoms with van der Waals surface area (Å²) in [4.78, 5) is 39.8. The third-order valence-electron chi connectivity index (χ3n) is 4.74. The van der Waals surface area contributed by atoms with Crippen LogP contribution in [0.25, 0.3) is 0 Å². The van der Waals surface area contributed by atoms with E-state index in [9.17, 15) is 14.4 Å². The Bertz CT molecular complexity index is 833. The Morgan fingerprint density at radius 2 is 2.00 bits per heavy atom. The van der Waals surface area contributed by atoms with Crippen LogP contribution in [0.15, 0.2) is 41.8 Å². The molecule has 7 heteroatoms. The van der Waals surface area contributed by atoms with Gasteiger partial charge in [0.05, 0.1) is 25.0 Å². The van der Waals surface area contributed by atoms with Gasteiger partial charge in [-0.25, -0.2) is 0 Å². The highest BCUT2D eigenvalue weighted by molar-refractivity contribution is 7.10. The fourth-order valence-electron chi connectivity index (χ4n) is 3.42. The average molecular weight is 401 g/mol. The van der Waals surface area contributed by atoms with E-state index in [-0.39, 0.29) is 43.2 Å². The van der Waals surface area contributed by atoms with Crippen molar-refractivity contribution in [1.82, 2.24) is 5.32 Å². The summed E-state index contributed by atoms with van der Waals surface area (Å²) in [5, 5.41) is 4.74. The Balaban J connectivity index is 1.78. The predicted molar refractivity (Wildman–Crippen MR) is 108 cm³/mol. The van der Waals surface area contributed by atoms with Crippen molar-refractivity contribution in [2.24, 2.45) is 5.92 Å². The second-order valence-corrected chi connectivity index (χ2v) is 7.70. The summed E-state index contributed by atoms with van der Waals surface area (Å²) in [7, 11) is 0. The third-order valence-corrected chi connectivity index (χ3v) is 5.68. The molecule has 1 N–H and O–H groups in total. The summed E-state index contributed by atoms with van der Waals surface area (Å²) in [6, 6.07) is 11.3. The summed E-state index contributed by atoms with van der Waals surface area (Å²) in [6.45, 7) is 4.25. The van der Waals surface area contributed by atoms with Crippen LogP contribution in [-0.2, 0) is 19.1 Å². The van der Waals surface area contributed by atoms with E-state index in [1.807, 2.05) is 48.7 Å². The first-order valence-electron chi connectivity index (χ1n) is 9.36. The van der Waals surface area contributed by atoms with Gasteiger partial charge in [0.1, 0.15) is 0 Å². The quantitative estimate of drug-likeness (QED) is 0.724. The van der Waals surface area contributed by atoms with E-state index in [1.165, 1.54) is 11.3 Å². The monoisotopic (exact) mass is 400 g/mol. The molecule has 0 saturated carbocycles. The molecule has 1 aromatic carbocycles. The second-order valence-electron chi connectivity index (χ2n) is 6.72. The van der Waals surface area contributed by atoms with Crippen LogP contribution < -0.4 is 10.2 Å². The molecule has 0 aliphatic carbocycles. The van der Waals surface area contributed by atoms with Crippen LogP contribution in [0.4, 0.5) is 5.69 Å². The van der Waals surface area contributed by atoms with Crippen molar-refractivity contribution >= 4 is 34.8 Å². The maximum Gasteiger partial charge on any atom is 0.307 e. The van der Waals surface area contributed by atoms with E-state index in [0.717, 1.165) is 16.1 Å². The molecule has 2 aromatic rings. The number of ether oxygens (including phenoxy) is 1. The molecule has 6 nitrogen and oxygen atoms in total. The highest BCUT2D eigenvalue weighted by atomic mass is 32.1. The maximum atomic E-state index is 12.8. The number of rotatable bonds is 7. The number of amides is 2.